The summed E-state index contributed by atoms with van der Waals surface area (Å²) in [7, 11) is 0. The SMILES string of the molecule is CCCCCCCCCCCC(CCCCCCCCCCC(=O)NCCOCCOCCOCCOCCOCCOCCOCCOCCOCCOCCOCCOCCOCCOCCOCCOCCOCCOCCOCCOCCOCCOCCOCCC)C(=O)O. The average Bonchev–Trinajstić information content (AvgIpc) is 1.50. The van der Waals surface area contributed by atoms with Gasteiger partial charge in [0.15, 0.2) is 0 Å². The third-order valence-electron chi connectivity index (χ3n) is 14.8. The Morgan fingerprint density at radius 1 is 0.220 bits per heavy atom. The second kappa shape index (κ2) is 91.2. The molecule has 0 heterocycles. The van der Waals surface area contributed by atoms with Crippen LogP contribution in [0.1, 0.15) is 149 Å². The van der Waals surface area contributed by atoms with Crippen LogP contribution in [0.3, 0.4) is 0 Å². The van der Waals surface area contributed by atoms with Crippen LogP contribution >= 0.6 is 0 Å². The Hall–Kier alpha value is -1.98. The quantitative estimate of drug-likeness (QED) is 0.0540. The van der Waals surface area contributed by atoms with Gasteiger partial charge in [0, 0.05) is 19.6 Å². The number of carbonyl (C=O) groups excluding carboxylic acids is 1. The summed E-state index contributed by atoms with van der Waals surface area (Å²) in [5.74, 6) is -0.732. The molecule has 0 aliphatic heterocycles. The minimum Gasteiger partial charge on any atom is -0.481 e. The van der Waals surface area contributed by atoms with Crippen LogP contribution in [-0.2, 0) is 119 Å². The van der Waals surface area contributed by atoms with Crippen molar-refractivity contribution in [2.75, 3.05) is 310 Å². The third-order valence-corrected chi connectivity index (χ3v) is 14.8. The number of carboxylic acids is 1. The smallest absolute Gasteiger partial charge is 0.306 e. The van der Waals surface area contributed by atoms with Gasteiger partial charge in [0.2, 0.25) is 5.91 Å². The van der Waals surface area contributed by atoms with E-state index in [4.69, 9.17) is 109 Å². The Balaban J connectivity index is 3.17. The van der Waals surface area contributed by atoms with Crippen LogP contribution < -0.4 is 5.32 Å². The van der Waals surface area contributed by atoms with Gasteiger partial charge in [-0.25, -0.2) is 0 Å². The van der Waals surface area contributed by atoms with E-state index in [0.717, 1.165) is 77.2 Å². The first-order valence-corrected chi connectivity index (χ1v) is 38.4. The van der Waals surface area contributed by atoms with Gasteiger partial charge in [0.1, 0.15) is 0 Å². The molecular weight excluding hydrogens is 1310 g/mol. The van der Waals surface area contributed by atoms with Gasteiger partial charge in [-0.1, -0.05) is 117 Å². The van der Waals surface area contributed by atoms with Gasteiger partial charge in [-0.05, 0) is 25.7 Å². The van der Waals surface area contributed by atoms with Crippen molar-refractivity contribution < 1.29 is 124 Å². The lowest BCUT2D eigenvalue weighted by atomic mass is 9.94. The lowest BCUT2D eigenvalue weighted by Gasteiger charge is -2.12. The van der Waals surface area contributed by atoms with Crippen LogP contribution in [0.15, 0.2) is 0 Å². The highest BCUT2D eigenvalue weighted by atomic mass is 16.6. The fourth-order valence-electron chi connectivity index (χ4n) is 9.27. The maximum absolute atomic E-state index is 12.2. The topological polar surface area (TPSA) is 279 Å². The largest absolute Gasteiger partial charge is 0.481 e. The molecule has 0 saturated heterocycles. The van der Waals surface area contributed by atoms with Gasteiger partial charge < -0.3 is 119 Å². The van der Waals surface area contributed by atoms with E-state index < -0.39 is 5.97 Å². The molecule has 0 spiro atoms. The number of nitrogens with one attached hydrogen (secondary N) is 1. The summed E-state index contributed by atoms with van der Waals surface area (Å²) in [6, 6.07) is 0. The molecule has 1 atom stereocenters. The molecule has 0 fully saturated rings. The van der Waals surface area contributed by atoms with Crippen molar-refractivity contribution in [3.05, 3.63) is 0 Å². The summed E-state index contributed by atoms with van der Waals surface area (Å²) < 4.78 is 127. The van der Waals surface area contributed by atoms with E-state index in [9.17, 15) is 14.7 Å². The Kier molecular flexibility index (Phi) is 89.4. The molecule has 0 aliphatic carbocycles. The zero-order chi connectivity index (χ0) is 71.8. The normalized spacial score (nSPS) is 12.0. The van der Waals surface area contributed by atoms with Crippen LogP contribution in [0, 0.1) is 5.92 Å². The molecule has 0 saturated carbocycles. The van der Waals surface area contributed by atoms with Crippen molar-refractivity contribution in [3.63, 3.8) is 0 Å². The Labute approximate surface area is 603 Å². The number of amides is 1. The van der Waals surface area contributed by atoms with Crippen LogP contribution in [0.2, 0.25) is 0 Å². The van der Waals surface area contributed by atoms with E-state index in [2.05, 4.69) is 19.2 Å². The van der Waals surface area contributed by atoms with Gasteiger partial charge >= 0.3 is 5.97 Å². The number of hydrogen-bond donors (Lipinski definition) is 2. The molecule has 0 bridgehead atoms. The lowest BCUT2D eigenvalue weighted by Crippen LogP contribution is -2.27. The summed E-state index contributed by atoms with van der Waals surface area (Å²) in [4.78, 5) is 23.9. The molecule has 0 aromatic heterocycles. The Morgan fingerprint density at radius 2 is 0.390 bits per heavy atom. The summed E-state index contributed by atoms with van der Waals surface area (Å²) >= 11 is 0. The van der Waals surface area contributed by atoms with Crippen molar-refractivity contribution in [2.45, 2.75) is 149 Å². The fourth-order valence-corrected chi connectivity index (χ4v) is 9.27. The molecule has 598 valence electrons. The molecule has 0 radical (unpaired) electrons. The zero-order valence-electron chi connectivity index (χ0n) is 62.8. The average molecular weight is 1450 g/mol. The number of carbonyl (C=O) groups is 2. The Bertz CT molecular complexity index is 1520. The maximum Gasteiger partial charge on any atom is 0.306 e. The van der Waals surface area contributed by atoms with E-state index in [1.807, 2.05) is 0 Å². The molecule has 0 rings (SSSR count). The van der Waals surface area contributed by atoms with Gasteiger partial charge in [0.05, 0.1) is 303 Å². The first-order valence-electron chi connectivity index (χ1n) is 38.4. The van der Waals surface area contributed by atoms with Crippen molar-refractivity contribution in [1.29, 1.82) is 0 Å². The highest BCUT2D eigenvalue weighted by molar-refractivity contribution is 5.75. The molecular formula is C73H145NO26. The minimum absolute atomic E-state index is 0.0681. The number of carboxylic acid groups (broad SMARTS) is 1. The summed E-state index contributed by atoms with van der Waals surface area (Å²) in [6.45, 7) is 27.8. The van der Waals surface area contributed by atoms with Crippen molar-refractivity contribution >= 4 is 11.9 Å². The van der Waals surface area contributed by atoms with Gasteiger partial charge in [-0.15, -0.1) is 0 Å². The number of unbranched alkanes of at least 4 members (excludes halogenated alkanes) is 15. The molecule has 2 N–H and O–H groups in total. The second-order valence-electron chi connectivity index (χ2n) is 23.5. The predicted octanol–water partition coefficient (Wildman–Crippen LogP) is 8.42. The molecule has 0 aromatic carbocycles. The zero-order valence-corrected chi connectivity index (χ0v) is 62.8. The van der Waals surface area contributed by atoms with Crippen LogP contribution in [0.4, 0.5) is 0 Å². The van der Waals surface area contributed by atoms with E-state index >= 15 is 0 Å². The molecule has 100 heavy (non-hydrogen) atoms. The Morgan fingerprint density at radius 3 is 0.580 bits per heavy atom. The number of rotatable bonds is 93. The van der Waals surface area contributed by atoms with E-state index in [1.165, 1.54) is 57.8 Å². The molecule has 1 unspecified atom stereocenters. The first-order chi connectivity index (χ1) is 49.6. The van der Waals surface area contributed by atoms with Gasteiger partial charge in [-0.2, -0.15) is 0 Å². The lowest BCUT2D eigenvalue weighted by molar-refractivity contribution is -0.142. The maximum atomic E-state index is 12.2. The summed E-state index contributed by atoms with van der Waals surface area (Å²) in [5.41, 5.74) is 0. The molecule has 0 aliphatic rings. The number of aliphatic carboxylic acids is 1. The molecule has 27 nitrogen and oxygen atoms in total. The molecule has 0 aromatic rings. The van der Waals surface area contributed by atoms with Crippen molar-refractivity contribution in [3.8, 4) is 0 Å². The molecule has 1 amide bonds. The van der Waals surface area contributed by atoms with E-state index in [0.29, 0.717) is 310 Å². The summed E-state index contributed by atoms with van der Waals surface area (Å²) in [6.07, 6.45) is 23.3. The van der Waals surface area contributed by atoms with Crippen molar-refractivity contribution in [2.24, 2.45) is 5.92 Å². The summed E-state index contributed by atoms with van der Waals surface area (Å²) in [5, 5.41) is 12.6. The second-order valence-corrected chi connectivity index (χ2v) is 23.5. The van der Waals surface area contributed by atoms with Crippen molar-refractivity contribution in [1.82, 2.24) is 5.32 Å². The standard InChI is InChI=1S/C73H145NO26/c1-3-5-6-7-8-9-12-15-18-21-71(73(76)77)22-19-16-13-10-11-14-17-20-23-72(75)74-24-26-79-28-30-81-32-34-83-36-38-85-40-42-87-44-46-89-48-50-91-52-54-93-56-58-95-60-62-97-64-66-99-68-70-100-69-67-98-65-63-96-61-59-94-57-55-92-53-51-90-49-47-88-45-43-86-41-39-84-37-35-82-33-31-80-29-27-78-25-4-2/h71H,3-70H2,1-2H3,(H,74,75)(H,76,77). The highest BCUT2D eigenvalue weighted by Crippen LogP contribution is 2.20. The van der Waals surface area contributed by atoms with E-state index in [-0.39, 0.29) is 11.8 Å². The highest BCUT2D eigenvalue weighted by Gasteiger charge is 2.16. The van der Waals surface area contributed by atoms with Crippen LogP contribution in [0.25, 0.3) is 0 Å². The predicted molar refractivity (Wildman–Crippen MR) is 381 cm³/mol. The first kappa shape index (κ1) is 98.0. The monoisotopic (exact) mass is 1450 g/mol. The molecule has 27 heteroatoms. The van der Waals surface area contributed by atoms with Gasteiger partial charge in [0.25, 0.3) is 0 Å². The number of hydrogen-bond acceptors (Lipinski definition) is 25. The fraction of sp³-hybridized carbons (Fsp3) is 0.973. The minimum atomic E-state index is -0.621. The van der Waals surface area contributed by atoms with Crippen LogP contribution in [0.5, 0.6) is 0 Å². The number of ether oxygens (including phenoxy) is 23. The van der Waals surface area contributed by atoms with Crippen LogP contribution in [-0.4, -0.2) is 327 Å². The third kappa shape index (κ3) is 88.4. The van der Waals surface area contributed by atoms with E-state index in [1.54, 1.807) is 0 Å². The van der Waals surface area contributed by atoms with Gasteiger partial charge in [-0.3, -0.25) is 9.59 Å².